The van der Waals surface area contributed by atoms with Gasteiger partial charge in [0, 0.05) is 48.8 Å². The number of pyridine rings is 3. The van der Waals surface area contributed by atoms with Crippen LogP contribution in [0.15, 0.2) is 67.4 Å². The van der Waals surface area contributed by atoms with Crippen molar-refractivity contribution in [1.29, 1.82) is 0 Å². The number of halogens is 1. The van der Waals surface area contributed by atoms with Crippen LogP contribution in [-0.2, 0) is 21.5 Å². The van der Waals surface area contributed by atoms with Gasteiger partial charge in [-0.1, -0.05) is 6.07 Å². The Bertz CT molecular complexity index is 1490. The Morgan fingerprint density at radius 1 is 1.09 bits per heavy atom. The Balaban J connectivity index is 1.44. The van der Waals surface area contributed by atoms with Crippen LogP contribution in [0.4, 0.5) is 14.9 Å². The zero-order valence-electron chi connectivity index (χ0n) is 18.8. The summed E-state index contributed by atoms with van der Waals surface area (Å²) >= 11 is 0. The molecule has 1 saturated heterocycles. The third-order valence-corrected chi connectivity index (χ3v) is 6.82. The van der Waals surface area contributed by atoms with Crippen LogP contribution >= 0.6 is 0 Å². The van der Waals surface area contributed by atoms with E-state index in [4.69, 9.17) is 4.74 Å². The lowest BCUT2D eigenvalue weighted by molar-refractivity contribution is -0.128. The topological polar surface area (TPSA) is 88.5 Å². The van der Waals surface area contributed by atoms with E-state index in [-0.39, 0.29) is 31.4 Å². The van der Waals surface area contributed by atoms with E-state index >= 15 is 0 Å². The fourth-order valence-corrected chi connectivity index (χ4v) is 5.16. The Morgan fingerprint density at radius 2 is 1.86 bits per heavy atom. The Hall–Kier alpha value is -4.40. The van der Waals surface area contributed by atoms with Crippen LogP contribution in [-0.4, -0.2) is 52.1 Å². The zero-order valence-corrected chi connectivity index (χ0v) is 18.8. The molecule has 1 fully saturated rings. The van der Waals surface area contributed by atoms with E-state index in [2.05, 4.69) is 15.0 Å². The van der Waals surface area contributed by atoms with Crippen molar-refractivity contribution < 1.29 is 18.7 Å². The van der Waals surface area contributed by atoms with Gasteiger partial charge >= 0.3 is 6.09 Å². The largest absolute Gasteiger partial charge is 0.453 e. The van der Waals surface area contributed by atoms with Gasteiger partial charge in [-0.2, -0.15) is 0 Å². The number of ether oxygens (including phenoxy) is 1. The van der Waals surface area contributed by atoms with Gasteiger partial charge in [-0.3, -0.25) is 19.7 Å². The highest BCUT2D eigenvalue weighted by Crippen LogP contribution is 2.48. The minimum Gasteiger partial charge on any atom is -0.453 e. The molecule has 5 heterocycles. The second kappa shape index (κ2) is 7.83. The SMILES string of the molecule is COC(=O)N1CC2(C1)C(=O)N(Cc1ncc3cc(F)ccc3c1-c1ccncc1)c1cnccc12. The predicted octanol–water partition coefficient (Wildman–Crippen LogP) is 3.70. The third-order valence-electron chi connectivity index (χ3n) is 6.82. The standard InChI is InChI=1S/C26H20FN5O3/c1-35-25(34)31-14-26(15-31)20-6-9-29-12-22(20)32(24(26)33)13-21-23(16-4-7-28-8-5-16)19-3-2-18(27)10-17(19)11-30-21/h2-12H,13-15H2,1H3. The molecule has 6 rings (SSSR count). The lowest BCUT2D eigenvalue weighted by Gasteiger charge is -2.45. The maximum atomic E-state index is 13.9. The van der Waals surface area contributed by atoms with Gasteiger partial charge in [0.2, 0.25) is 5.91 Å². The number of carbonyl (C=O) groups is 2. The number of benzene rings is 1. The molecular weight excluding hydrogens is 449 g/mol. The van der Waals surface area contributed by atoms with Crippen LogP contribution in [0.5, 0.6) is 0 Å². The number of anilines is 1. The first-order chi connectivity index (χ1) is 17.0. The van der Waals surface area contributed by atoms with Crippen molar-refractivity contribution in [2.45, 2.75) is 12.0 Å². The summed E-state index contributed by atoms with van der Waals surface area (Å²) in [5.74, 6) is -0.452. The fourth-order valence-electron chi connectivity index (χ4n) is 5.16. The summed E-state index contributed by atoms with van der Waals surface area (Å²) < 4.78 is 18.8. The Morgan fingerprint density at radius 3 is 2.63 bits per heavy atom. The number of fused-ring (bicyclic) bond motifs is 3. The normalized spacial score (nSPS) is 15.9. The monoisotopic (exact) mass is 469 g/mol. The zero-order chi connectivity index (χ0) is 24.2. The first kappa shape index (κ1) is 21.2. The first-order valence-electron chi connectivity index (χ1n) is 11.1. The van der Waals surface area contributed by atoms with E-state index in [1.165, 1.54) is 24.1 Å². The van der Waals surface area contributed by atoms with Gasteiger partial charge < -0.3 is 14.5 Å². The number of hydrogen-bond acceptors (Lipinski definition) is 6. The highest BCUT2D eigenvalue weighted by molar-refractivity contribution is 6.10. The smallest absolute Gasteiger partial charge is 0.409 e. The molecule has 0 radical (unpaired) electrons. The Labute approximate surface area is 200 Å². The maximum Gasteiger partial charge on any atom is 0.409 e. The van der Waals surface area contributed by atoms with E-state index in [0.29, 0.717) is 16.8 Å². The summed E-state index contributed by atoms with van der Waals surface area (Å²) in [6, 6.07) is 10.2. The number of hydrogen-bond donors (Lipinski definition) is 0. The molecule has 0 unspecified atom stereocenters. The molecule has 4 aromatic rings. The van der Waals surface area contributed by atoms with E-state index < -0.39 is 11.5 Å². The molecule has 9 heteroatoms. The molecule has 2 aliphatic rings. The van der Waals surface area contributed by atoms with Crippen molar-refractivity contribution in [3.63, 3.8) is 0 Å². The highest BCUT2D eigenvalue weighted by Gasteiger charge is 2.59. The second-order valence-electron chi connectivity index (χ2n) is 8.74. The van der Waals surface area contributed by atoms with Crippen LogP contribution in [0.2, 0.25) is 0 Å². The molecule has 0 N–H and O–H groups in total. The van der Waals surface area contributed by atoms with Gasteiger partial charge in [0.15, 0.2) is 0 Å². The summed E-state index contributed by atoms with van der Waals surface area (Å²) in [4.78, 5) is 42.0. The first-order valence-corrected chi connectivity index (χ1v) is 11.1. The molecule has 3 aromatic heterocycles. The average Bonchev–Trinajstić information content (AvgIpc) is 3.11. The lowest BCUT2D eigenvalue weighted by atomic mass is 9.75. The molecule has 2 aliphatic heterocycles. The second-order valence-corrected chi connectivity index (χ2v) is 8.74. The van der Waals surface area contributed by atoms with E-state index in [1.54, 1.807) is 42.0 Å². The maximum absolute atomic E-state index is 13.9. The Kier molecular flexibility index (Phi) is 4.73. The van der Waals surface area contributed by atoms with Crippen LogP contribution in [0.3, 0.4) is 0 Å². The summed E-state index contributed by atoms with van der Waals surface area (Å²) in [5, 5.41) is 1.50. The van der Waals surface area contributed by atoms with Crippen molar-refractivity contribution in [1.82, 2.24) is 19.9 Å². The summed E-state index contributed by atoms with van der Waals surface area (Å²) in [6.45, 7) is 0.684. The molecule has 0 bridgehead atoms. The van der Waals surface area contributed by atoms with E-state index in [0.717, 1.165) is 22.1 Å². The third kappa shape index (κ3) is 3.15. The molecule has 174 valence electrons. The lowest BCUT2D eigenvalue weighted by Crippen LogP contribution is -2.65. The van der Waals surface area contributed by atoms with E-state index in [1.807, 2.05) is 18.2 Å². The quantitative estimate of drug-likeness (QED) is 0.455. The summed E-state index contributed by atoms with van der Waals surface area (Å²) in [5.41, 5.74) is 3.06. The number of likely N-dealkylation sites (tertiary alicyclic amines) is 1. The molecule has 1 aromatic carbocycles. The minimum absolute atomic E-state index is 0.109. The molecule has 0 atom stereocenters. The van der Waals surface area contributed by atoms with Gasteiger partial charge in [-0.15, -0.1) is 0 Å². The van der Waals surface area contributed by atoms with Crippen molar-refractivity contribution in [3.05, 3.63) is 84.5 Å². The highest BCUT2D eigenvalue weighted by atomic mass is 19.1. The molecule has 8 nitrogen and oxygen atoms in total. The average molecular weight is 469 g/mol. The van der Waals surface area contributed by atoms with Gasteiger partial charge in [0.1, 0.15) is 11.2 Å². The number of carbonyl (C=O) groups excluding carboxylic acids is 2. The van der Waals surface area contributed by atoms with Crippen LogP contribution < -0.4 is 4.90 Å². The molecular formula is C26H20FN5O3. The fraction of sp³-hybridized carbons (Fsp3) is 0.192. The molecule has 1 spiro atoms. The van der Waals surface area contributed by atoms with Crippen LogP contribution in [0, 0.1) is 5.82 Å². The van der Waals surface area contributed by atoms with Crippen molar-refractivity contribution in [3.8, 4) is 11.1 Å². The summed E-state index contributed by atoms with van der Waals surface area (Å²) in [7, 11) is 1.33. The number of amides is 2. The van der Waals surface area contributed by atoms with Crippen LogP contribution in [0.25, 0.3) is 21.9 Å². The number of aromatic nitrogens is 3. The van der Waals surface area contributed by atoms with Gasteiger partial charge in [0.25, 0.3) is 0 Å². The van der Waals surface area contributed by atoms with Gasteiger partial charge in [-0.25, -0.2) is 9.18 Å². The number of methoxy groups -OCH3 is 1. The van der Waals surface area contributed by atoms with Crippen molar-refractivity contribution >= 4 is 28.5 Å². The molecule has 0 aliphatic carbocycles. The predicted molar refractivity (Wildman–Crippen MR) is 126 cm³/mol. The number of nitrogens with zero attached hydrogens (tertiary/aromatic N) is 5. The van der Waals surface area contributed by atoms with Gasteiger partial charge in [-0.05, 0) is 46.8 Å². The number of rotatable bonds is 3. The van der Waals surface area contributed by atoms with E-state index in [9.17, 15) is 14.0 Å². The van der Waals surface area contributed by atoms with Crippen molar-refractivity contribution in [2.24, 2.45) is 0 Å². The molecule has 35 heavy (non-hydrogen) atoms. The minimum atomic E-state index is -0.830. The molecule has 2 amide bonds. The van der Waals surface area contributed by atoms with Crippen molar-refractivity contribution in [2.75, 3.05) is 25.1 Å². The van der Waals surface area contributed by atoms with Crippen LogP contribution in [0.1, 0.15) is 11.3 Å². The molecule has 0 saturated carbocycles. The van der Waals surface area contributed by atoms with Gasteiger partial charge in [0.05, 0.1) is 31.2 Å². The summed E-state index contributed by atoms with van der Waals surface area (Å²) in [6.07, 6.45) is 7.87.